The summed E-state index contributed by atoms with van der Waals surface area (Å²) in [6, 6.07) is 4.44. The highest BCUT2D eigenvalue weighted by atomic mass is 15.2. The highest BCUT2D eigenvalue weighted by Crippen LogP contribution is 2.39. The Balaban J connectivity index is 1.73. The van der Waals surface area contributed by atoms with Gasteiger partial charge in [0.2, 0.25) is 0 Å². The Kier molecular flexibility index (Phi) is 2.81. The summed E-state index contributed by atoms with van der Waals surface area (Å²) < 4.78 is 0. The number of pyridine rings is 1. The maximum atomic E-state index is 4.64. The van der Waals surface area contributed by atoms with Crippen LogP contribution in [0.3, 0.4) is 0 Å². The molecule has 2 heteroatoms. The van der Waals surface area contributed by atoms with Crippen LogP contribution in [0.2, 0.25) is 0 Å². The van der Waals surface area contributed by atoms with Gasteiger partial charge >= 0.3 is 0 Å². The van der Waals surface area contributed by atoms with E-state index in [4.69, 9.17) is 0 Å². The summed E-state index contributed by atoms with van der Waals surface area (Å²) in [4.78, 5) is 7.12. The zero-order chi connectivity index (χ0) is 11.8. The van der Waals surface area contributed by atoms with Gasteiger partial charge in [0.15, 0.2) is 0 Å². The second-order valence-corrected chi connectivity index (χ2v) is 5.96. The van der Waals surface area contributed by atoms with Crippen molar-refractivity contribution in [2.45, 2.75) is 39.0 Å². The van der Waals surface area contributed by atoms with Crippen LogP contribution in [-0.2, 0) is 0 Å². The molecule has 3 rings (SSSR count). The summed E-state index contributed by atoms with van der Waals surface area (Å²) in [5, 5.41) is 0. The van der Waals surface area contributed by atoms with E-state index in [2.05, 4.69) is 35.9 Å². The van der Waals surface area contributed by atoms with Crippen molar-refractivity contribution in [3.05, 3.63) is 23.9 Å². The van der Waals surface area contributed by atoms with Crippen molar-refractivity contribution >= 4 is 5.82 Å². The third kappa shape index (κ3) is 2.05. The molecule has 1 saturated carbocycles. The number of hydrogen-bond acceptors (Lipinski definition) is 2. The fraction of sp³-hybridized carbons (Fsp3) is 0.667. The van der Waals surface area contributed by atoms with Gasteiger partial charge in [-0.2, -0.15) is 0 Å². The standard InChI is InChI=1S/C15H22N2/c1-11(2)12-6-7-15(16-8-12)17-9-13-4-3-5-14(13)10-17/h6-8,11,13-14H,3-5,9-10H2,1-2H3. The van der Waals surface area contributed by atoms with Crippen molar-refractivity contribution < 1.29 is 0 Å². The van der Waals surface area contributed by atoms with E-state index in [-0.39, 0.29) is 0 Å². The Morgan fingerprint density at radius 2 is 1.88 bits per heavy atom. The number of nitrogens with zero attached hydrogens (tertiary/aromatic N) is 2. The number of fused-ring (bicyclic) bond motifs is 1. The Labute approximate surface area is 104 Å². The summed E-state index contributed by atoms with van der Waals surface area (Å²) in [6.45, 7) is 6.91. The van der Waals surface area contributed by atoms with E-state index in [0.29, 0.717) is 5.92 Å². The number of anilines is 1. The first-order valence-electron chi connectivity index (χ1n) is 6.95. The van der Waals surface area contributed by atoms with Crippen LogP contribution in [0.15, 0.2) is 18.3 Å². The average molecular weight is 230 g/mol. The molecule has 2 aliphatic rings. The maximum absolute atomic E-state index is 4.64. The molecule has 0 aromatic carbocycles. The number of rotatable bonds is 2. The maximum Gasteiger partial charge on any atom is 0.128 e. The van der Waals surface area contributed by atoms with Gasteiger partial charge in [0.1, 0.15) is 5.82 Å². The average Bonchev–Trinajstić information content (AvgIpc) is 2.89. The first-order valence-corrected chi connectivity index (χ1v) is 6.95. The number of hydrogen-bond donors (Lipinski definition) is 0. The van der Waals surface area contributed by atoms with Crippen LogP contribution in [0, 0.1) is 11.8 Å². The molecule has 1 saturated heterocycles. The molecule has 0 bridgehead atoms. The lowest BCUT2D eigenvalue weighted by Crippen LogP contribution is -2.21. The smallest absolute Gasteiger partial charge is 0.128 e. The fourth-order valence-corrected chi connectivity index (χ4v) is 3.35. The van der Waals surface area contributed by atoms with Gasteiger partial charge in [0.25, 0.3) is 0 Å². The highest BCUT2D eigenvalue weighted by molar-refractivity contribution is 5.41. The Morgan fingerprint density at radius 3 is 2.41 bits per heavy atom. The van der Waals surface area contributed by atoms with Gasteiger partial charge in [-0.25, -0.2) is 4.98 Å². The first-order chi connectivity index (χ1) is 8.24. The van der Waals surface area contributed by atoms with Crippen LogP contribution in [-0.4, -0.2) is 18.1 Å². The zero-order valence-corrected chi connectivity index (χ0v) is 10.9. The quantitative estimate of drug-likeness (QED) is 0.773. The molecule has 0 amide bonds. The molecule has 1 aromatic heterocycles. The fourth-order valence-electron chi connectivity index (χ4n) is 3.35. The summed E-state index contributed by atoms with van der Waals surface area (Å²) in [7, 11) is 0. The summed E-state index contributed by atoms with van der Waals surface area (Å²) in [5.41, 5.74) is 1.34. The predicted molar refractivity (Wildman–Crippen MR) is 71.4 cm³/mol. The minimum Gasteiger partial charge on any atom is -0.356 e. The largest absolute Gasteiger partial charge is 0.356 e. The Hall–Kier alpha value is -1.05. The van der Waals surface area contributed by atoms with Crippen LogP contribution in [0.25, 0.3) is 0 Å². The molecule has 17 heavy (non-hydrogen) atoms. The molecular weight excluding hydrogens is 208 g/mol. The number of aromatic nitrogens is 1. The minimum absolute atomic E-state index is 0.578. The van der Waals surface area contributed by atoms with E-state index < -0.39 is 0 Å². The van der Waals surface area contributed by atoms with Crippen molar-refractivity contribution in [2.75, 3.05) is 18.0 Å². The van der Waals surface area contributed by atoms with E-state index in [9.17, 15) is 0 Å². The lowest BCUT2D eigenvalue weighted by molar-refractivity contribution is 0.494. The van der Waals surface area contributed by atoms with Crippen molar-refractivity contribution in [3.63, 3.8) is 0 Å². The summed E-state index contributed by atoms with van der Waals surface area (Å²) in [6.07, 6.45) is 6.37. The van der Waals surface area contributed by atoms with Crippen LogP contribution in [0.1, 0.15) is 44.6 Å². The van der Waals surface area contributed by atoms with Gasteiger partial charge in [-0.1, -0.05) is 26.3 Å². The lowest BCUT2D eigenvalue weighted by Gasteiger charge is -2.18. The third-order valence-corrected chi connectivity index (χ3v) is 4.49. The van der Waals surface area contributed by atoms with Crippen molar-refractivity contribution in [1.29, 1.82) is 0 Å². The highest BCUT2D eigenvalue weighted by Gasteiger charge is 2.36. The van der Waals surface area contributed by atoms with E-state index in [0.717, 1.165) is 11.8 Å². The molecule has 1 aromatic rings. The Morgan fingerprint density at radius 1 is 1.18 bits per heavy atom. The molecule has 92 valence electrons. The molecule has 0 radical (unpaired) electrons. The topological polar surface area (TPSA) is 16.1 Å². The van der Waals surface area contributed by atoms with Gasteiger partial charge in [0.05, 0.1) is 0 Å². The molecule has 2 atom stereocenters. The second-order valence-electron chi connectivity index (χ2n) is 5.96. The van der Waals surface area contributed by atoms with E-state index in [1.54, 1.807) is 0 Å². The molecule has 2 fully saturated rings. The van der Waals surface area contributed by atoms with Gasteiger partial charge in [0, 0.05) is 19.3 Å². The SMILES string of the molecule is CC(C)c1ccc(N2CC3CCCC3C2)nc1. The lowest BCUT2D eigenvalue weighted by atomic mass is 10.0. The van der Waals surface area contributed by atoms with E-state index >= 15 is 0 Å². The second kappa shape index (κ2) is 4.32. The van der Waals surface area contributed by atoms with Gasteiger partial charge in [-0.05, 0) is 42.2 Å². The van der Waals surface area contributed by atoms with Crippen LogP contribution < -0.4 is 4.90 Å². The van der Waals surface area contributed by atoms with Gasteiger partial charge in [-0.3, -0.25) is 0 Å². The van der Waals surface area contributed by atoms with Crippen molar-refractivity contribution in [3.8, 4) is 0 Å². The Bertz CT molecular complexity index is 370. The monoisotopic (exact) mass is 230 g/mol. The van der Waals surface area contributed by atoms with Crippen molar-refractivity contribution in [1.82, 2.24) is 4.98 Å². The minimum atomic E-state index is 0.578. The van der Waals surface area contributed by atoms with Crippen LogP contribution in [0.4, 0.5) is 5.82 Å². The molecule has 1 aliphatic carbocycles. The van der Waals surface area contributed by atoms with Crippen LogP contribution >= 0.6 is 0 Å². The molecule has 1 aliphatic heterocycles. The van der Waals surface area contributed by atoms with Crippen molar-refractivity contribution in [2.24, 2.45) is 11.8 Å². The van der Waals surface area contributed by atoms with E-state index in [1.807, 2.05) is 6.20 Å². The molecular formula is C15H22N2. The first kappa shape index (κ1) is 11.1. The summed E-state index contributed by atoms with van der Waals surface area (Å²) >= 11 is 0. The molecule has 2 unspecified atom stereocenters. The van der Waals surface area contributed by atoms with Crippen LogP contribution in [0.5, 0.6) is 0 Å². The third-order valence-electron chi connectivity index (χ3n) is 4.49. The molecule has 0 N–H and O–H groups in total. The molecule has 2 nitrogen and oxygen atoms in total. The van der Waals surface area contributed by atoms with E-state index in [1.165, 1.54) is 43.7 Å². The normalized spacial score (nSPS) is 27.8. The zero-order valence-electron chi connectivity index (χ0n) is 10.9. The predicted octanol–water partition coefficient (Wildman–Crippen LogP) is 3.44. The summed E-state index contributed by atoms with van der Waals surface area (Å²) in [5.74, 6) is 3.65. The molecule has 2 heterocycles. The molecule has 0 spiro atoms. The van der Waals surface area contributed by atoms with Gasteiger partial charge < -0.3 is 4.90 Å². The van der Waals surface area contributed by atoms with Gasteiger partial charge in [-0.15, -0.1) is 0 Å².